The largest absolute Gasteiger partial charge is 0.296 e. The van der Waals surface area contributed by atoms with Crippen LogP contribution in [0.5, 0.6) is 0 Å². The average molecular weight is 214 g/mol. The summed E-state index contributed by atoms with van der Waals surface area (Å²) >= 11 is 0. The van der Waals surface area contributed by atoms with Crippen LogP contribution in [-0.2, 0) is 9.84 Å². The van der Waals surface area contributed by atoms with Crippen LogP contribution in [0.25, 0.3) is 0 Å². The Bertz CT molecular complexity index is 367. The Morgan fingerprint density at radius 1 is 1.43 bits per heavy atom. The van der Waals surface area contributed by atoms with Gasteiger partial charge in [0, 0.05) is 6.04 Å². The number of hydrogen-bond acceptors (Lipinski definition) is 4. The van der Waals surface area contributed by atoms with E-state index in [0.717, 1.165) is 12.8 Å². The van der Waals surface area contributed by atoms with E-state index in [1.54, 1.807) is 0 Å². The molecule has 0 aromatic carbocycles. The lowest BCUT2D eigenvalue weighted by atomic mass is 9.97. The van der Waals surface area contributed by atoms with Gasteiger partial charge in [-0.25, -0.2) is 8.42 Å². The fourth-order valence-electron chi connectivity index (χ4n) is 1.97. The van der Waals surface area contributed by atoms with E-state index >= 15 is 0 Å². The van der Waals surface area contributed by atoms with Crippen LogP contribution in [-0.4, -0.2) is 31.5 Å². The number of nitrogens with one attached hydrogen (secondary N) is 1. The molecule has 0 aromatic heterocycles. The second-order valence-electron chi connectivity index (χ2n) is 4.31. The summed E-state index contributed by atoms with van der Waals surface area (Å²) in [5, 5.41) is 12.2. The summed E-state index contributed by atoms with van der Waals surface area (Å²) in [6.45, 7) is 0. The molecule has 0 radical (unpaired) electrons. The Kier molecular flexibility index (Phi) is 2.28. The zero-order valence-corrected chi connectivity index (χ0v) is 8.81. The third-order valence-electron chi connectivity index (χ3n) is 2.80. The molecule has 1 unspecified atom stereocenters. The summed E-state index contributed by atoms with van der Waals surface area (Å²) in [4.78, 5) is 0. The van der Waals surface area contributed by atoms with Gasteiger partial charge in [0.05, 0.1) is 17.6 Å². The smallest absolute Gasteiger partial charge is 0.153 e. The summed E-state index contributed by atoms with van der Waals surface area (Å²) in [5.41, 5.74) is -0.793. The summed E-state index contributed by atoms with van der Waals surface area (Å²) in [7, 11) is -3.01. The molecule has 2 rings (SSSR count). The Balaban J connectivity index is 2.14. The second-order valence-corrected chi connectivity index (χ2v) is 6.49. The fraction of sp³-hybridized carbons (Fsp3) is 0.889. The van der Waals surface area contributed by atoms with Crippen molar-refractivity contribution in [3.8, 4) is 6.07 Å². The minimum atomic E-state index is -3.01. The number of nitrogens with zero attached hydrogens (tertiary/aromatic N) is 1. The minimum Gasteiger partial charge on any atom is -0.296 e. The highest BCUT2D eigenvalue weighted by atomic mass is 32.2. The van der Waals surface area contributed by atoms with E-state index < -0.39 is 15.4 Å². The third kappa shape index (κ3) is 2.07. The Morgan fingerprint density at radius 3 is 2.64 bits per heavy atom. The molecular weight excluding hydrogens is 200 g/mol. The molecule has 1 aliphatic carbocycles. The normalized spacial score (nSPS) is 36.2. The minimum absolute atomic E-state index is 0.00694. The molecule has 1 heterocycles. The van der Waals surface area contributed by atoms with Crippen molar-refractivity contribution >= 4 is 9.84 Å². The van der Waals surface area contributed by atoms with Crippen molar-refractivity contribution in [3.05, 3.63) is 0 Å². The Labute approximate surface area is 84.2 Å². The molecule has 1 aliphatic heterocycles. The standard InChI is InChI=1S/C9H14N2O2S/c10-6-9(11-8-2-3-8)4-1-5-14(12,13)7-9/h8,11H,1-5,7H2. The van der Waals surface area contributed by atoms with Crippen LogP contribution < -0.4 is 5.32 Å². The van der Waals surface area contributed by atoms with Crippen LogP contribution in [0.3, 0.4) is 0 Å². The van der Waals surface area contributed by atoms with Crippen molar-refractivity contribution in [1.82, 2.24) is 5.32 Å². The topological polar surface area (TPSA) is 70.0 Å². The van der Waals surface area contributed by atoms with Gasteiger partial charge in [-0.2, -0.15) is 5.26 Å². The van der Waals surface area contributed by atoms with Crippen molar-refractivity contribution in [1.29, 1.82) is 5.26 Å². The van der Waals surface area contributed by atoms with Crippen LogP contribution in [0, 0.1) is 11.3 Å². The van der Waals surface area contributed by atoms with E-state index in [0.29, 0.717) is 18.9 Å². The van der Waals surface area contributed by atoms with E-state index in [9.17, 15) is 8.42 Å². The maximum atomic E-state index is 11.4. The van der Waals surface area contributed by atoms with Gasteiger partial charge in [0.15, 0.2) is 9.84 Å². The highest BCUT2D eigenvalue weighted by Crippen LogP contribution is 2.28. The molecule has 5 heteroatoms. The summed E-state index contributed by atoms with van der Waals surface area (Å²) in [6.07, 6.45) is 3.42. The van der Waals surface area contributed by atoms with E-state index in [1.807, 2.05) is 0 Å². The molecule has 14 heavy (non-hydrogen) atoms. The lowest BCUT2D eigenvalue weighted by molar-refractivity contribution is 0.396. The maximum Gasteiger partial charge on any atom is 0.153 e. The molecule has 0 aromatic rings. The highest BCUT2D eigenvalue weighted by molar-refractivity contribution is 7.91. The third-order valence-corrected chi connectivity index (χ3v) is 4.64. The van der Waals surface area contributed by atoms with Gasteiger partial charge in [0.1, 0.15) is 5.54 Å². The maximum absolute atomic E-state index is 11.4. The zero-order chi connectivity index (χ0) is 10.2. The van der Waals surface area contributed by atoms with Crippen LogP contribution in [0.4, 0.5) is 0 Å². The van der Waals surface area contributed by atoms with Crippen molar-refractivity contribution in [3.63, 3.8) is 0 Å². The first kappa shape index (κ1) is 9.94. The fourth-order valence-corrected chi connectivity index (χ4v) is 3.74. The quantitative estimate of drug-likeness (QED) is 0.713. The highest BCUT2D eigenvalue weighted by Gasteiger charge is 2.42. The van der Waals surface area contributed by atoms with Gasteiger partial charge in [-0.15, -0.1) is 0 Å². The van der Waals surface area contributed by atoms with Crippen LogP contribution in [0.15, 0.2) is 0 Å². The molecule has 2 fully saturated rings. The van der Waals surface area contributed by atoms with Gasteiger partial charge in [0.25, 0.3) is 0 Å². The van der Waals surface area contributed by atoms with Gasteiger partial charge in [0.2, 0.25) is 0 Å². The Morgan fingerprint density at radius 2 is 2.14 bits per heavy atom. The van der Waals surface area contributed by atoms with E-state index in [-0.39, 0.29) is 11.5 Å². The summed E-state index contributed by atoms with van der Waals surface area (Å²) < 4.78 is 22.9. The monoisotopic (exact) mass is 214 g/mol. The van der Waals surface area contributed by atoms with Gasteiger partial charge in [-0.1, -0.05) is 0 Å². The molecule has 0 bridgehead atoms. The number of sulfone groups is 1. The lowest BCUT2D eigenvalue weighted by Crippen LogP contribution is -2.53. The first-order valence-corrected chi connectivity index (χ1v) is 6.77. The molecular formula is C9H14N2O2S. The van der Waals surface area contributed by atoms with Gasteiger partial charge < -0.3 is 0 Å². The van der Waals surface area contributed by atoms with Gasteiger partial charge in [-0.3, -0.25) is 5.32 Å². The number of rotatable bonds is 2. The van der Waals surface area contributed by atoms with Crippen molar-refractivity contribution < 1.29 is 8.42 Å². The molecule has 1 saturated heterocycles. The predicted octanol–water partition coefficient (Wildman–Crippen LogP) is 0.209. The molecule has 1 saturated carbocycles. The summed E-state index contributed by atoms with van der Waals surface area (Å²) in [5.74, 6) is 0.232. The number of hydrogen-bond donors (Lipinski definition) is 1. The lowest BCUT2D eigenvalue weighted by Gasteiger charge is -2.31. The summed E-state index contributed by atoms with van der Waals surface area (Å²) in [6, 6.07) is 2.53. The molecule has 0 amide bonds. The molecule has 1 atom stereocenters. The number of nitriles is 1. The SMILES string of the molecule is N#CC1(NC2CC2)CCCS(=O)(=O)C1. The van der Waals surface area contributed by atoms with Crippen LogP contribution in [0.1, 0.15) is 25.7 Å². The van der Waals surface area contributed by atoms with E-state index in [2.05, 4.69) is 11.4 Å². The second kappa shape index (κ2) is 3.21. The average Bonchev–Trinajstić information content (AvgIpc) is 2.86. The molecule has 0 spiro atoms. The van der Waals surface area contributed by atoms with Crippen molar-refractivity contribution in [2.24, 2.45) is 0 Å². The van der Waals surface area contributed by atoms with Gasteiger partial charge in [-0.05, 0) is 25.7 Å². The molecule has 1 N–H and O–H groups in total. The predicted molar refractivity (Wildman–Crippen MR) is 52.4 cm³/mol. The molecule has 4 nitrogen and oxygen atoms in total. The van der Waals surface area contributed by atoms with Crippen LogP contribution >= 0.6 is 0 Å². The first-order chi connectivity index (χ1) is 6.55. The molecule has 78 valence electrons. The van der Waals surface area contributed by atoms with Gasteiger partial charge >= 0.3 is 0 Å². The van der Waals surface area contributed by atoms with Crippen molar-refractivity contribution in [2.75, 3.05) is 11.5 Å². The Hall–Kier alpha value is -0.600. The van der Waals surface area contributed by atoms with Crippen LogP contribution in [0.2, 0.25) is 0 Å². The van der Waals surface area contributed by atoms with E-state index in [1.165, 1.54) is 0 Å². The van der Waals surface area contributed by atoms with E-state index in [4.69, 9.17) is 5.26 Å². The molecule has 2 aliphatic rings. The first-order valence-electron chi connectivity index (χ1n) is 4.95. The van der Waals surface area contributed by atoms with Crippen molar-refractivity contribution in [2.45, 2.75) is 37.3 Å². The zero-order valence-electron chi connectivity index (χ0n) is 7.99.